The van der Waals surface area contributed by atoms with Crippen LogP contribution in [0.15, 0.2) is 72.8 Å². The number of carbonyl (C=O) groups excluding carboxylic acids is 3. The van der Waals surface area contributed by atoms with E-state index in [0.717, 1.165) is 27.4 Å². The number of ketones is 1. The van der Waals surface area contributed by atoms with Crippen LogP contribution in [0.5, 0.6) is 0 Å². The summed E-state index contributed by atoms with van der Waals surface area (Å²) in [5.41, 5.74) is 4.08. The highest BCUT2D eigenvalue weighted by molar-refractivity contribution is 6.56. The second-order valence-electron chi connectivity index (χ2n) is 6.93. The highest BCUT2D eigenvalue weighted by Gasteiger charge is 2.44. The number of imide groups is 1. The van der Waals surface area contributed by atoms with Crippen LogP contribution in [0, 0.1) is 0 Å². The number of rotatable bonds is 1. The summed E-state index contributed by atoms with van der Waals surface area (Å²) in [5, 5.41) is 0. The molecule has 0 aliphatic carbocycles. The number of hydrogen-bond acceptors (Lipinski definition) is 4. The van der Waals surface area contributed by atoms with Gasteiger partial charge in [-0.1, -0.05) is 48.5 Å². The summed E-state index contributed by atoms with van der Waals surface area (Å²) < 4.78 is 0. The largest absolute Gasteiger partial charge is 0.344 e. The molecule has 5 heteroatoms. The highest BCUT2D eigenvalue weighted by Crippen LogP contribution is 2.46. The summed E-state index contributed by atoms with van der Waals surface area (Å²) in [4.78, 5) is 41.8. The Morgan fingerprint density at radius 1 is 0.750 bits per heavy atom. The van der Waals surface area contributed by atoms with Crippen LogP contribution in [0.1, 0.15) is 27.4 Å². The molecule has 2 aliphatic heterocycles. The van der Waals surface area contributed by atoms with Crippen molar-refractivity contribution in [2.45, 2.75) is 5.92 Å². The summed E-state index contributed by atoms with van der Waals surface area (Å²) in [6.45, 7) is 0. The third-order valence-electron chi connectivity index (χ3n) is 5.47. The minimum Gasteiger partial charge on any atom is -0.344 e. The topological polar surface area (TPSA) is 57.7 Å². The third kappa shape index (κ3) is 2.10. The Balaban J connectivity index is 1.70. The Morgan fingerprint density at radius 3 is 1.86 bits per heavy atom. The van der Waals surface area contributed by atoms with Crippen molar-refractivity contribution in [3.8, 4) is 0 Å². The summed E-state index contributed by atoms with van der Waals surface area (Å²) >= 11 is 0. The van der Waals surface area contributed by atoms with Crippen molar-refractivity contribution in [2.75, 3.05) is 16.8 Å². The van der Waals surface area contributed by atoms with Crippen molar-refractivity contribution >= 4 is 34.7 Å². The Bertz CT molecular complexity index is 1120. The number of nitrogens with zero attached hydrogens (tertiary/aromatic N) is 2. The van der Waals surface area contributed by atoms with Crippen molar-refractivity contribution in [3.63, 3.8) is 0 Å². The first kappa shape index (κ1) is 16.4. The molecule has 28 heavy (non-hydrogen) atoms. The lowest BCUT2D eigenvalue weighted by atomic mass is 9.84. The van der Waals surface area contributed by atoms with Crippen molar-refractivity contribution in [1.82, 2.24) is 0 Å². The first-order valence-electron chi connectivity index (χ1n) is 9.03. The van der Waals surface area contributed by atoms with Gasteiger partial charge in [0.05, 0.1) is 17.2 Å². The minimum absolute atomic E-state index is 0.273. The van der Waals surface area contributed by atoms with Gasteiger partial charge in [-0.3, -0.25) is 14.4 Å². The molecule has 0 atom stereocenters. The molecular formula is C23H16N2O3. The van der Waals surface area contributed by atoms with Crippen LogP contribution in [-0.2, 0) is 9.59 Å². The molecule has 0 spiro atoms. The fourth-order valence-electron chi connectivity index (χ4n) is 4.17. The summed E-state index contributed by atoms with van der Waals surface area (Å²) in [6.07, 6.45) is 0. The SMILES string of the molecule is CN1c2ccccc2C(C(=O)N2C(=O)C(=O)c3ccccc32)c2ccccc21. The Hall–Kier alpha value is -3.73. The second-order valence-corrected chi connectivity index (χ2v) is 6.93. The van der Waals surface area contributed by atoms with Crippen LogP contribution in [0.25, 0.3) is 0 Å². The first-order chi connectivity index (χ1) is 13.6. The average molecular weight is 368 g/mol. The monoisotopic (exact) mass is 368 g/mol. The lowest BCUT2D eigenvalue weighted by Crippen LogP contribution is -2.41. The number of carbonyl (C=O) groups is 3. The van der Waals surface area contributed by atoms with Crippen LogP contribution >= 0.6 is 0 Å². The van der Waals surface area contributed by atoms with Crippen molar-refractivity contribution in [2.24, 2.45) is 0 Å². The van der Waals surface area contributed by atoms with E-state index >= 15 is 0 Å². The minimum atomic E-state index is -0.792. The molecule has 2 aliphatic rings. The van der Waals surface area contributed by atoms with Gasteiger partial charge in [0.25, 0.3) is 5.78 Å². The van der Waals surface area contributed by atoms with E-state index in [0.29, 0.717) is 5.69 Å². The van der Waals surface area contributed by atoms with Crippen molar-refractivity contribution in [3.05, 3.63) is 89.5 Å². The molecule has 2 heterocycles. The Kier molecular flexibility index (Phi) is 3.46. The summed E-state index contributed by atoms with van der Waals surface area (Å²) in [6, 6.07) is 22.0. The number of anilines is 3. The predicted octanol–water partition coefficient (Wildman–Crippen LogP) is 3.66. The van der Waals surface area contributed by atoms with Gasteiger partial charge in [0, 0.05) is 18.4 Å². The zero-order chi connectivity index (χ0) is 19.4. The van der Waals surface area contributed by atoms with Gasteiger partial charge in [-0.25, -0.2) is 4.90 Å². The molecule has 0 unspecified atom stereocenters. The van der Waals surface area contributed by atoms with Crippen LogP contribution < -0.4 is 9.80 Å². The Morgan fingerprint density at radius 2 is 1.25 bits per heavy atom. The molecule has 0 saturated heterocycles. The zero-order valence-electron chi connectivity index (χ0n) is 15.1. The third-order valence-corrected chi connectivity index (χ3v) is 5.47. The molecule has 0 radical (unpaired) electrons. The molecule has 3 aromatic carbocycles. The molecule has 0 fully saturated rings. The molecule has 0 saturated carbocycles. The quantitative estimate of drug-likeness (QED) is 0.486. The maximum atomic E-state index is 13.7. The Labute approximate surface area is 161 Å². The molecule has 5 nitrogen and oxygen atoms in total. The van der Waals surface area contributed by atoms with Gasteiger partial charge in [0.15, 0.2) is 0 Å². The molecule has 5 rings (SSSR count). The van der Waals surface area contributed by atoms with E-state index < -0.39 is 23.5 Å². The van der Waals surface area contributed by atoms with Gasteiger partial charge in [-0.15, -0.1) is 0 Å². The highest BCUT2D eigenvalue weighted by atomic mass is 16.2. The van der Waals surface area contributed by atoms with Crippen molar-refractivity contribution < 1.29 is 14.4 Å². The molecule has 2 amide bonds. The average Bonchev–Trinajstić information content (AvgIpc) is 2.99. The van der Waals surface area contributed by atoms with E-state index in [-0.39, 0.29) is 5.56 Å². The van der Waals surface area contributed by atoms with Gasteiger partial charge >= 0.3 is 5.91 Å². The zero-order valence-corrected chi connectivity index (χ0v) is 15.1. The van der Waals surface area contributed by atoms with Crippen molar-refractivity contribution in [1.29, 1.82) is 0 Å². The molecule has 136 valence electrons. The summed E-state index contributed by atoms with van der Waals surface area (Å²) in [5.74, 6) is -2.50. The molecule has 0 bridgehead atoms. The van der Waals surface area contributed by atoms with Gasteiger partial charge in [0.2, 0.25) is 5.91 Å². The predicted molar refractivity (Wildman–Crippen MR) is 106 cm³/mol. The number of benzene rings is 3. The summed E-state index contributed by atoms with van der Waals surface area (Å²) in [7, 11) is 1.96. The normalized spacial score (nSPS) is 15.3. The van der Waals surface area contributed by atoms with E-state index in [1.54, 1.807) is 24.3 Å². The van der Waals surface area contributed by atoms with E-state index in [4.69, 9.17) is 0 Å². The lowest BCUT2D eigenvalue weighted by molar-refractivity contribution is -0.124. The maximum absolute atomic E-state index is 13.7. The second kappa shape index (κ2) is 5.89. The lowest BCUT2D eigenvalue weighted by Gasteiger charge is -2.35. The van der Waals surface area contributed by atoms with Gasteiger partial charge < -0.3 is 4.90 Å². The fraction of sp³-hybridized carbons (Fsp3) is 0.0870. The standard InChI is InChI=1S/C23H16N2O3/c1-24-17-11-5-2-8-14(17)20(15-9-3-6-12-18(15)24)22(27)25-19-13-7-4-10-16(19)21(26)23(25)28/h2-13,20H,1H3. The molecule has 0 aromatic heterocycles. The number of hydrogen-bond donors (Lipinski definition) is 0. The van der Waals surface area contributed by atoms with Crippen LogP contribution in [-0.4, -0.2) is 24.6 Å². The smallest absolute Gasteiger partial charge is 0.306 e. The maximum Gasteiger partial charge on any atom is 0.306 e. The van der Waals surface area contributed by atoms with Crippen LogP contribution in [0.3, 0.4) is 0 Å². The number of amides is 2. The molecule has 3 aromatic rings. The van der Waals surface area contributed by atoms with Crippen LogP contribution in [0.2, 0.25) is 0 Å². The van der Waals surface area contributed by atoms with Crippen LogP contribution in [0.4, 0.5) is 17.1 Å². The molecular weight excluding hydrogens is 352 g/mol. The van der Waals surface area contributed by atoms with Gasteiger partial charge in [-0.05, 0) is 35.4 Å². The van der Waals surface area contributed by atoms with E-state index in [1.807, 2.05) is 60.5 Å². The fourth-order valence-corrected chi connectivity index (χ4v) is 4.17. The first-order valence-corrected chi connectivity index (χ1v) is 9.03. The van der Waals surface area contributed by atoms with E-state index in [1.165, 1.54) is 0 Å². The number of para-hydroxylation sites is 3. The van der Waals surface area contributed by atoms with Gasteiger partial charge in [0.1, 0.15) is 0 Å². The number of fused-ring (bicyclic) bond motifs is 3. The van der Waals surface area contributed by atoms with E-state index in [9.17, 15) is 14.4 Å². The number of Topliss-reactive ketones (excluding diaryl/α,β-unsaturated/α-hetero) is 1. The van der Waals surface area contributed by atoms with E-state index in [2.05, 4.69) is 0 Å². The molecule has 0 N–H and O–H groups in total. The van der Waals surface area contributed by atoms with Gasteiger partial charge in [-0.2, -0.15) is 0 Å².